The topological polar surface area (TPSA) is 55.2 Å². The van der Waals surface area contributed by atoms with Crippen LogP contribution in [0.1, 0.15) is 40.7 Å². The summed E-state index contributed by atoms with van der Waals surface area (Å²) in [6, 6.07) is 13.3. The van der Waals surface area contributed by atoms with Crippen molar-refractivity contribution in [1.29, 1.82) is 0 Å². The fraction of sp³-hybridized carbons (Fsp3) is 0.261. The van der Waals surface area contributed by atoms with Gasteiger partial charge in [0.1, 0.15) is 0 Å². The van der Waals surface area contributed by atoms with Gasteiger partial charge in [0.2, 0.25) is 5.43 Å². The number of anilines is 1. The zero-order chi connectivity index (χ0) is 22.3. The van der Waals surface area contributed by atoms with Crippen LogP contribution in [0.15, 0.2) is 59.4 Å². The van der Waals surface area contributed by atoms with Crippen LogP contribution in [-0.2, 0) is 12.6 Å². The maximum Gasteiger partial charge on any atom is 0.418 e. The average molecular weight is 427 g/mol. The molecule has 0 saturated heterocycles. The van der Waals surface area contributed by atoms with Crippen LogP contribution in [0.5, 0.6) is 0 Å². The number of para-hydroxylation sites is 2. The average Bonchev–Trinajstić information content (AvgIpc) is 2.73. The minimum Gasteiger partial charge on any atom is -0.304 e. The number of rotatable bonds is 2. The van der Waals surface area contributed by atoms with Crippen molar-refractivity contribution in [2.45, 2.75) is 38.9 Å². The molecule has 0 radical (unpaired) electrons. The van der Waals surface area contributed by atoms with Crippen LogP contribution in [0, 0.1) is 6.92 Å². The first-order valence-corrected chi connectivity index (χ1v) is 9.87. The van der Waals surface area contributed by atoms with Gasteiger partial charge in [-0.05, 0) is 50.5 Å². The maximum atomic E-state index is 13.5. The number of amides is 1. The predicted molar refractivity (Wildman–Crippen MR) is 111 cm³/mol. The molecule has 2 aromatic carbocycles. The Morgan fingerprint density at radius 2 is 1.71 bits per heavy atom. The summed E-state index contributed by atoms with van der Waals surface area (Å²) >= 11 is 0. The second-order valence-corrected chi connectivity index (χ2v) is 7.62. The van der Waals surface area contributed by atoms with Crippen molar-refractivity contribution < 1.29 is 18.0 Å². The van der Waals surface area contributed by atoms with Crippen molar-refractivity contribution in [3.63, 3.8) is 0 Å². The largest absolute Gasteiger partial charge is 0.418 e. The van der Waals surface area contributed by atoms with Crippen molar-refractivity contribution in [3.8, 4) is 5.69 Å². The van der Waals surface area contributed by atoms with E-state index in [9.17, 15) is 22.8 Å². The maximum absolute atomic E-state index is 13.5. The highest BCUT2D eigenvalue weighted by atomic mass is 19.4. The molecule has 0 fully saturated rings. The van der Waals surface area contributed by atoms with Gasteiger partial charge in [-0.25, -0.2) is 4.68 Å². The number of hydrogen-bond acceptors (Lipinski definition) is 3. The van der Waals surface area contributed by atoms with Gasteiger partial charge >= 0.3 is 6.18 Å². The van der Waals surface area contributed by atoms with E-state index in [1.807, 2.05) is 19.1 Å². The lowest BCUT2D eigenvalue weighted by molar-refractivity contribution is -0.137. The van der Waals surface area contributed by atoms with Crippen molar-refractivity contribution in [1.82, 2.24) is 9.78 Å². The SMILES string of the molecule is Cc1cc(=O)c(C(=O)N2c3ccccc3CCC2C)nn1-c1ccccc1C(F)(F)F. The van der Waals surface area contributed by atoms with Crippen LogP contribution >= 0.6 is 0 Å². The molecule has 1 amide bonds. The highest BCUT2D eigenvalue weighted by molar-refractivity contribution is 6.05. The molecule has 0 aliphatic carbocycles. The molecule has 0 saturated carbocycles. The summed E-state index contributed by atoms with van der Waals surface area (Å²) in [5.41, 5.74) is -0.313. The molecular weight excluding hydrogens is 407 g/mol. The number of aromatic nitrogens is 2. The van der Waals surface area contributed by atoms with Gasteiger partial charge in [-0.15, -0.1) is 0 Å². The first-order chi connectivity index (χ1) is 14.7. The molecule has 4 rings (SSSR count). The Labute approximate surface area is 176 Å². The van der Waals surface area contributed by atoms with Gasteiger partial charge in [-0.2, -0.15) is 18.3 Å². The number of carbonyl (C=O) groups excluding carboxylic acids is 1. The van der Waals surface area contributed by atoms with E-state index in [0.29, 0.717) is 12.1 Å². The van der Waals surface area contributed by atoms with Gasteiger partial charge in [-0.1, -0.05) is 30.3 Å². The molecule has 5 nitrogen and oxygen atoms in total. The van der Waals surface area contributed by atoms with E-state index >= 15 is 0 Å². The van der Waals surface area contributed by atoms with Crippen LogP contribution in [0.2, 0.25) is 0 Å². The third kappa shape index (κ3) is 3.73. The highest BCUT2D eigenvalue weighted by Crippen LogP contribution is 2.34. The van der Waals surface area contributed by atoms with Crippen LogP contribution < -0.4 is 10.3 Å². The number of hydrogen-bond donors (Lipinski definition) is 0. The number of halogens is 3. The zero-order valence-corrected chi connectivity index (χ0v) is 17.0. The summed E-state index contributed by atoms with van der Waals surface area (Å²) in [4.78, 5) is 27.6. The Bertz CT molecular complexity index is 1220. The smallest absolute Gasteiger partial charge is 0.304 e. The summed E-state index contributed by atoms with van der Waals surface area (Å²) in [6.45, 7) is 3.36. The van der Waals surface area contributed by atoms with E-state index in [2.05, 4.69) is 5.10 Å². The number of alkyl halides is 3. The zero-order valence-electron chi connectivity index (χ0n) is 17.0. The number of nitrogens with zero attached hydrogens (tertiary/aromatic N) is 3. The fourth-order valence-electron chi connectivity index (χ4n) is 3.95. The summed E-state index contributed by atoms with van der Waals surface area (Å²) in [5.74, 6) is -0.622. The normalized spacial score (nSPS) is 16.2. The lowest BCUT2D eigenvalue weighted by Crippen LogP contribution is -2.44. The second-order valence-electron chi connectivity index (χ2n) is 7.62. The number of carbonyl (C=O) groups is 1. The summed E-state index contributed by atoms with van der Waals surface area (Å²) < 4.78 is 41.6. The van der Waals surface area contributed by atoms with Crippen molar-refractivity contribution in [2.24, 2.45) is 0 Å². The summed E-state index contributed by atoms with van der Waals surface area (Å²) in [7, 11) is 0. The van der Waals surface area contributed by atoms with E-state index in [4.69, 9.17) is 0 Å². The molecule has 2 heterocycles. The van der Waals surface area contributed by atoms with E-state index in [0.717, 1.165) is 28.8 Å². The third-order valence-electron chi connectivity index (χ3n) is 5.49. The number of aryl methyl sites for hydroxylation is 2. The quantitative estimate of drug-likeness (QED) is 0.603. The Morgan fingerprint density at radius 3 is 2.42 bits per heavy atom. The standard InChI is InChI=1S/C23H20F3N3O2/c1-14-11-12-16-7-3-5-9-18(16)28(14)22(31)21-20(30)13-15(2)29(27-21)19-10-6-4-8-17(19)23(24,25)26/h3-10,13-14H,11-12H2,1-2H3. The van der Waals surface area contributed by atoms with Gasteiger partial charge in [0.15, 0.2) is 5.69 Å². The van der Waals surface area contributed by atoms with Gasteiger partial charge in [0, 0.05) is 23.5 Å². The molecule has 0 spiro atoms. The molecule has 31 heavy (non-hydrogen) atoms. The number of fused-ring (bicyclic) bond motifs is 1. The molecule has 1 unspecified atom stereocenters. The van der Waals surface area contributed by atoms with Gasteiger partial charge in [0.25, 0.3) is 5.91 Å². The first kappa shape index (κ1) is 20.8. The fourth-order valence-corrected chi connectivity index (χ4v) is 3.95. The Morgan fingerprint density at radius 1 is 1.06 bits per heavy atom. The minimum atomic E-state index is -4.61. The molecule has 1 aromatic heterocycles. The van der Waals surface area contributed by atoms with E-state index in [1.165, 1.54) is 30.0 Å². The lowest BCUT2D eigenvalue weighted by atomic mass is 9.96. The van der Waals surface area contributed by atoms with Crippen LogP contribution in [0.3, 0.4) is 0 Å². The van der Waals surface area contributed by atoms with E-state index in [1.54, 1.807) is 12.1 Å². The molecule has 3 aromatic rings. The van der Waals surface area contributed by atoms with Crippen molar-refractivity contribution >= 4 is 11.6 Å². The molecule has 160 valence electrons. The molecule has 8 heteroatoms. The summed E-state index contributed by atoms with van der Waals surface area (Å²) in [6.07, 6.45) is -3.11. The lowest BCUT2D eigenvalue weighted by Gasteiger charge is -2.35. The van der Waals surface area contributed by atoms with Crippen molar-refractivity contribution in [2.75, 3.05) is 4.90 Å². The first-order valence-electron chi connectivity index (χ1n) is 9.87. The van der Waals surface area contributed by atoms with Gasteiger partial charge in [-0.3, -0.25) is 9.59 Å². The van der Waals surface area contributed by atoms with Gasteiger partial charge in [0.05, 0.1) is 11.3 Å². The molecule has 1 aliphatic heterocycles. The Hall–Kier alpha value is -3.42. The highest BCUT2D eigenvalue weighted by Gasteiger charge is 2.35. The van der Waals surface area contributed by atoms with Crippen LogP contribution in [-0.4, -0.2) is 21.7 Å². The van der Waals surface area contributed by atoms with Crippen LogP contribution in [0.25, 0.3) is 5.69 Å². The number of benzene rings is 2. The molecule has 0 N–H and O–H groups in total. The Balaban J connectivity index is 1.86. The molecular formula is C23H20F3N3O2. The third-order valence-corrected chi connectivity index (χ3v) is 5.49. The predicted octanol–water partition coefficient (Wildman–Crippen LogP) is 4.54. The minimum absolute atomic E-state index is 0.180. The molecule has 1 aliphatic rings. The van der Waals surface area contributed by atoms with Gasteiger partial charge < -0.3 is 4.90 Å². The molecule has 0 bridgehead atoms. The summed E-state index contributed by atoms with van der Waals surface area (Å²) in [5, 5.41) is 4.11. The van der Waals surface area contributed by atoms with E-state index in [-0.39, 0.29) is 17.4 Å². The Kier molecular flexibility index (Phi) is 5.16. The monoisotopic (exact) mass is 427 g/mol. The van der Waals surface area contributed by atoms with Crippen molar-refractivity contribution in [3.05, 3.63) is 87.3 Å². The van der Waals surface area contributed by atoms with E-state index < -0.39 is 28.8 Å². The molecule has 1 atom stereocenters. The van der Waals surface area contributed by atoms with Crippen LogP contribution in [0.4, 0.5) is 18.9 Å². The second kappa shape index (κ2) is 7.68.